The Kier molecular flexibility index (Phi) is 1.76. The molecule has 68 valence electrons. The van der Waals surface area contributed by atoms with Gasteiger partial charge in [0.25, 0.3) is 0 Å². The molecule has 2 nitrogen and oxygen atoms in total. The lowest BCUT2D eigenvalue weighted by Gasteiger charge is -1.99. The Balaban J connectivity index is 2.88. The van der Waals surface area contributed by atoms with E-state index >= 15 is 0 Å². The Bertz CT molecular complexity index is 402. The first kappa shape index (κ1) is 8.17. The molecule has 2 heteroatoms. The first-order valence-electron chi connectivity index (χ1n) is 4.49. The molecule has 0 fully saturated rings. The Morgan fingerprint density at radius 2 is 2.00 bits per heavy atom. The van der Waals surface area contributed by atoms with E-state index in [1.807, 2.05) is 7.05 Å². The summed E-state index contributed by atoms with van der Waals surface area (Å²) in [6, 6.07) is 6.27. The number of nitrogens with zero attached hydrogens (tertiary/aromatic N) is 1. The van der Waals surface area contributed by atoms with Crippen LogP contribution in [0.5, 0.6) is 0 Å². The molecular formula is C11H14N2. The van der Waals surface area contributed by atoms with Gasteiger partial charge in [-0.05, 0) is 31.5 Å². The van der Waals surface area contributed by atoms with Crippen molar-refractivity contribution in [2.75, 3.05) is 12.4 Å². The molecule has 0 aromatic carbocycles. The van der Waals surface area contributed by atoms with Gasteiger partial charge in [0.1, 0.15) is 0 Å². The molecule has 0 saturated heterocycles. The number of aryl methyl sites for hydroxylation is 2. The van der Waals surface area contributed by atoms with Crippen molar-refractivity contribution in [2.45, 2.75) is 13.8 Å². The summed E-state index contributed by atoms with van der Waals surface area (Å²) < 4.78 is 2.21. The van der Waals surface area contributed by atoms with Gasteiger partial charge in [-0.1, -0.05) is 6.07 Å². The molecule has 0 amide bonds. The van der Waals surface area contributed by atoms with Crippen molar-refractivity contribution in [1.82, 2.24) is 4.40 Å². The maximum absolute atomic E-state index is 3.23. The molecule has 0 radical (unpaired) electrons. The van der Waals surface area contributed by atoms with Gasteiger partial charge in [-0.25, -0.2) is 0 Å². The largest absolute Gasteiger partial charge is 0.386 e. The predicted molar refractivity (Wildman–Crippen MR) is 56.4 cm³/mol. The average molecular weight is 174 g/mol. The highest BCUT2D eigenvalue weighted by Crippen LogP contribution is 2.26. The zero-order chi connectivity index (χ0) is 9.42. The van der Waals surface area contributed by atoms with Crippen molar-refractivity contribution in [2.24, 2.45) is 0 Å². The van der Waals surface area contributed by atoms with Gasteiger partial charge in [-0.3, -0.25) is 0 Å². The van der Waals surface area contributed by atoms with Gasteiger partial charge in [0, 0.05) is 18.9 Å². The Morgan fingerprint density at radius 1 is 1.23 bits per heavy atom. The maximum atomic E-state index is 3.23. The van der Waals surface area contributed by atoms with Gasteiger partial charge in [0.15, 0.2) is 0 Å². The van der Waals surface area contributed by atoms with Crippen molar-refractivity contribution in [3.63, 3.8) is 0 Å². The molecule has 2 heterocycles. The summed E-state index contributed by atoms with van der Waals surface area (Å²) in [6.45, 7) is 4.28. The molecule has 2 rings (SSSR count). The smallest absolute Gasteiger partial charge is 0.0587 e. The van der Waals surface area contributed by atoms with Gasteiger partial charge in [-0.15, -0.1) is 0 Å². The quantitative estimate of drug-likeness (QED) is 0.703. The van der Waals surface area contributed by atoms with Gasteiger partial charge >= 0.3 is 0 Å². The Hall–Kier alpha value is -1.44. The normalized spacial score (nSPS) is 10.7. The van der Waals surface area contributed by atoms with Crippen molar-refractivity contribution < 1.29 is 0 Å². The fourth-order valence-electron chi connectivity index (χ4n) is 1.93. The third-order valence-corrected chi connectivity index (χ3v) is 2.59. The first-order chi connectivity index (χ1) is 6.25. The molecule has 0 atom stereocenters. The zero-order valence-corrected chi connectivity index (χ0v) is 8.26. The van der Waals surface area contributed by atoms with E-state index in [4.69, 9.17) is 0 Å². The van der Waals surface area contributed by atoms with E-state index in [0.717, 1.165) is 0 Å². The van der Waals surface area contributed by atoms with Crippen LogP contribution in [0, 0.1) is 13.8 Å². The lowest BCUT2D eigenvalue weighted by molar-refractivity contribution is 1.11. The van der Waals surface area contributed by atoms with E-state index < -0.39 is 0 Å². The topological polar surface area (TPSA) is 16.4 Å². The highest BCUT2D eigenvalue weighted by Gasteiger charge is 2.08. The second kappa shape index (κ2) is 2.80. The van der Waals surface area contributed by atoms with Crippen molar-refractivity contribution in [1.29, 1.82) is 0 Å². The molecule has 0 aliphatic heterocycles. The number of aromatic nitrogens is 1. The third kappa shape index (κ3) is 1.02. The molecule has 13 heavy (non-hydrogen) atoms. The molecule has 0 saturated carbocycles. The van der Waals surface area contributed by atoms with Gasteiger partial charge in [0.05, 0.1) is 11.2 Å². The van der Waals surface area contributed by atoms with Gasteiger partial charge in [-0.2, -0.15) is 0 Å². The van der Waals surface area contributed by atoms with Crippen LogP contribution in [-0.2, 0) is 0 Å². The van der Waals surface area contributed by atoms with E-state index in [-0.39, 0.29) is 0 Å². The van der Waals surface area contributed by atoms with Crippen LogP contribution in [-0.4, -0.2) is 11.4 Å². The van der Waals surface area contributed by atoms with Crippen molar-refractivity contribution in [3.8, 4) is 0 Å². The summed E-state index contributed by atoms with van der Waals surface area (Å²) in [5, 5.41) is 3.23. The van der Waals surface area contributed by atoms with E-state index in [2.05, 4.69) is 48.0 Å². The van der Waals surface area contributed by atoms with Crippen molar-refractivity contribution in [3.05, 3.63) is 35.7 Å². The number of anilines is 1. The minimum atomic E-state index is 1.24. The lowest BCUT2D eigenvalue weighted by atomic mass is 10.2. The number of rotatable bonds is 1. The van der Waals surface area contributed by atoms with Crippen LogP contribution in [0.15, 0.2) is 24.4 Å². The highest BCUT2D eigenvalue weighted by molar-refractivity contribution is 5.72. The van der Waals surface area contributed by atoms with Crippen LogP contribution >= 0.6 is 0 Å². The predicted octanol–water partition coefficient (Wildman–Crippen LogP) is 2.60. The standard InChI is InChI=1S/C11H14N2/c1-8-10-6-4-5-7-13(10)9(2)11(8)12-3/h4-7,12H,1-3H3. The summed E-state index contributed by atoms with van der Waals surface area (Å²) in [4.78, 5) is 0. The molecule has 0 bridgehead atoms. The SMILES string of the molecule is CNc1c(C)c2ccccn2c1C. The molecule has 2 aromatic rings. The monoisotopic (exact) mass is 174 g/mol. The van der Waals surface area contributed by atoms with E-state index in [1.165, 1.54) is 22.5 Å². The van der Waals surface area contributed by atoms with Crippen LogP contribution in [0.4, 0.5) is 5.69 Å². The molecule has 0 aliphatic carbocycles. The minimum Gasteiger partial charge on any atom is -0.386 e. The molecule has 0 unspecified atom stereocenters. The molecule has 0 spiro atoms. The first-order valence-corrected chi connectivity index (χ1v) is 4.49. The van der Waals surface area contributed by atoms with Crippen LogP contribution in [0.2, 0.25) is 0 Å². The molecule has 1 N–H and O–H groups in total. The van der Waals surface area contributed by atoms with Crippen LogP contribution < -0.4 is 5.32 Å². The number of fused-ring (bicyclic) bond motifs is 1. The second-order valence-corrected chi connectivity index (χ2v) is 3.29. The summed E-state index contributed by atoms with van der Waals surface area (Å²) in [6.07, 6.45) is 2.10. The van der Waals surface area contributed by atoms with E-state index in [9.17, 15) is 0 Å². The van der Waals surface area contributed by atoms with Gasteiger partial charge in [0.2, 0.25) is 0 Å². The van der Waals surface area contributed by atoms with Crippen LogP contribution in [0.1, 0.15) is 11.3 Å². The van der Waals surface area contributed by atoms with Crippen molar-refractivity contribution >= 4 is 11.2 Å². The summed E-state index contributed by atoms with van der Waals surface area (Å²) in [5.74, 6) is 0. The maximum Gasteiger partial charge on any atom is 0.0587 e. The average Bonchev–Trinajstić information content (AvgIpc) is 2.41. The van der Waals surface area contributed by atoms with E-state index in [0.29, 0.717) is 0 Å². The zero-order valence-electron chi connectivity index (χ0n) is 8.26. The van der Waals surface area contributed by atoms with E-state index in [1.54, 1.807) is 0 Å². The molecular weight excluding hydrogens is 160 g/mol. The number of nitrogens with one attached hydrogen (secondary N) is 1. The highest BCUT2D eigenvalue weighted by atomic mass is 15.0. The van der Waals surface area contributed by atoms with Gasteiger partial charge < -0.3 is 9.72 Å². The number of hydrogen-bond donors (Lipinski definition) is 1. The lowest BCUT2D eigenvalue weighted by Crippen LogP contribution is -1.91. The van der Waals surface area contributed by atoms with Crippen LogP contribution in [0.25, 0.3) is 5.52 Å². The Labute approximate surface area is 78.2 Å². The summed E-state index contributed by atoms with van der Waals surface area (Å²) >= 11 is 0. The van der Waals surface area contributed by atoms with Crippen LogP contribution in [0.3, 0.4) is 0 Å². The molecule has 0 aliphatic rings. The summed E-state index contributed by atoms with van der Waals surface area (Å²) in [7, 11) is 1.97. The Morgan fingerprint density at radius 3 is 2.62 bits per heavy atom. The number of pyridine rings is 1. The molecule has 2 aromatic heterocycles. The second-order valence-electron chi connectivity index (χ2n) is 3.29. The number of hydrogen-bond acceptors (Lipinski definition) is 1. The summed E-state index contributed by atoms with van der Waals surface area (Å²) in [5.41, 5.74) is 5.12. The third-order valence-electron chi connectivity index (χ3n) is 2.59. The fourth-order valence-corrected chi connectivity index (χ4v) is 1.93. The minimum absolute atomic E-state index is 1.24. The fraction of sp³-hybridized carbons (Fsp3) is 0.273.